The van der Waals surface area contributed by atoms with Gasteiger partial charge >= 0.3 is 0 Å². The molecule has 0 aliphatic carbocycles. The number of carbonyl (C=O) groups excluding carboxylic acids is 2. The number of fused-ring (bicyclic) bond motifs is 1. The van der Waals surface area contributed by atoms with Crippen LogP contribution in [0, 0.1) is 0 Å². The predicted molar refractivity (Wildman–Crippen MR) is 107 cm³/mol. The minimum absolute atomic E-state index is 0.0472. The van der Waals surface area contributed by atoms with Gasteiger partial charge in [-0.2, -0.15) is 0 Å². The highest BCUT2D eigenvalue weighted by atomic mass is 16.5. The number of anilines is 2. The Balaban J connectivity index is 1.65. The van der Waals surface area contributed by atoms with Gasteiger partial charge in [-0.3, -0.25) is 9.59 Å². The molecule has 3 rings (SSSR count). The molecule has 0 fully saturated rings. The lowest BCUT2D eigenvalue weighted by molar-refractivity contribution is -0.118. The van der Waals surface area contributed by atoms with Crippen molar-refractivity contribution in [2.45, 2.75) is 39.7 Å². The van der Waals surface area contributed by atoms with Crippen molar-refractivity contribution in [1.29, 1.82) is 0 Å². The highest BCUT2D eigenvalue weighted by molar-refractivity contribution is 5.97. The van der Waals surface area contributed by atoms with Crippen LogP contribution in [0.4, 0.5) is 11.4 Å². The Kier molecular flexibility index (Phi) is 5.79. The van der Waals surface area contributed by atoms with E-state index in [0.29, 0.717) is 13.1 Å². The van der Waals surface area contributed by atoms with Gasteiger partial charge in [0.15, 0.2) is 0 Å². The Morgan fingerprint density at radius 3 is 2.48 bits per heavy atom. The number of nitrogens with zero attached hydrogens (tertiary/aromatic N) is 2. The molecule has 1 aliphatic heterocycles. The van der Waals surface area contributed by atoms with Gasteiger partial charge < -0.3 is 14.5 Å². The molecule has 0 aromatic heterocycles. The maximum absolute atomic E-state index is 12.7. The van der Waals surface area contributed by atoms with Crippen molar-refractivity contribution in [3.63, 3.8) is 0 Å². The number of rotatable bonds is 6. The zero-order valence-electron chi connectivity index (χ0n) is 16.1. The zero-order valence-corrected chi connectivity index (χ0v) is 16.1. The number of ether oxygens (including phenoxy) is 1. The number of hydrogen-bond acceptors (Lipinski definition) is 3. The summed E-state index contributed by atoms with van der Waals surface area (Å²) in [6, 6.07) is 15.4. The molecule has 5 nitrogen and oxygen atoms in total. The Labute approximate surface area is 160 Å². The lowest BCUT2D eigenvalue weighted by Crippen LogP contribution is -2.35. The smallest absolute Gasteiger partial charge is 0.228 e. The van der Waals surface area contributed by atoms with Gasteiger partial charge in [0.1, 0.15) is 5.75 Å². The van der Waals surface area contributed by atoms with Crippen LogP contribution in [0.2, 0.25) is 0 Å². The lowest BCUT2D eigenvalue weighted by atomic mass is 10.2. The summed E-state index contributed by atoms with van der Waals surface area (Å²) >= 11 is 0. The van der Waals surface area contributed by atoms with Crippen LogP contribution < -0.4 is 14.5 Å². The number of benzene rings is 2. The number of para-hydroxylation sites is 1. The van der Waals surface area contributed by atoms with Gasteiger partial charge in [0.05, 0.1) is 6.10 Å². The van der Waals surface area contributed by atoms with E-state index >= 15 is 0 Å². The van der Waals surface area contributed by atoms with Gasteiger partial charge in [-0.15, -0.1) is 0 Å². The van der Waals surface area contributed by atoms with Crippen molar-refractivity contribution >= 4 is 23.2 Å². The lowest BCUT2D eigenvalue weighted by Gasteiger charge is -2.23. The molecule has 0 bridgehead atoms. The van der Waals surface area contributed by atoms with Gasteiger partial charge in [0, 0.05) is 37.8 Å². The molecule has 1 aliphatic rings. The fraction of sp³-hybridized carbons (Fsp3) is 0.364. The summed E-state index contributed by atoms with van der Waals surface area (Å²) in [5.41, 5.74) is 2.97. The first-order valence-electron chi connectivity index (χ1n) is 9.39. The van der Waals surface area contributed by atoms with E-state index in [9.17, 15) is 9.59 Å². The number of amides is 2. The molecule has 5 heteroatoms. The van der Waals surface area contributed by atoms with Gasteiger partial charge in [-0.25, -0.2) is 0 Å². The van der Waals surface area contributed by atoms with E-state index in [0.717, 1.165) is 23.5 Å². The van der Waals surface area contributed by atoms with Crippen LogP contribution in [-0.2, 0) is 16.0 Å². The van der Waals surface area contributed by atoms with E-state index in [1.54, 1.807) is 4.90 Å². The standard InChI is InChI=1S/C22H26N2O3/c1-16(2)27-20-10-8-19(9-11-20)23(17(3)25)15-13-22(26)24-14-12-18-6-4-5-7-21(18)24/h4-11,16H,12-15H2,1-3H3. The fourth-order valence-corrected chi connectivity index (χ4v) is 3.38. The van der Waals surface area contributed by atoms with E-state index in [4.69, 9.17) is 4.74 Å². The average molecular weight is 366 g/mol. The quantitative estimate of drug-likeness (QED) is 0.781. The van der Waals surface area contributed by atoms with Crippen molar-refractivity contribution < 1.29 is 14.3 Å². The molecule has 2 amide bonds. The maximum atomic E-state index is 12.7. The molecule has 0 N–H and O–H groups in total. The molecule has 0 spiro atoms. The number of hydrogen-bond donors (Lipinski definition) is 0. The highest BCUT2D eigenvalue weighted by Gasteiger charge is 2.24. The molecule has 0 saturated carbocycles. The maximum Gasteiger partial charge on any atom is 0.228 e. The summed E-state index contributed by atoms with van der Waals surface area (Å²) in [5.74, 6) is 0.732. The molecule has 0 radical (unpaired) electrons. The van der Waals surface area contributed by atoms with E-state index in [2.05, 4.69) is 6.07 Å². The molecular formula is C22H26N2O3. The molecule has 0 saturated heterocycles. The molecular weight excluding hydrogens is 340 g/mol. The van der Waals surface area contributed by atoms with Crippen molar-refractivity contribution in [2.75, 3.05) is 22.9 Å². The third kappa shape index (κ3) is 4.48. The molecule has 0 atom stereocenters. The normalized spacial score (nSPS) is 12.8. The van der Waals surface area contributed by atoms with Crippen molar-refractivity contribution in [2.24, 2.45) is 0 Å². The summed E-state index contributed by atoms with van der Waals surface area (Å²) in [4.78, 5) is 28.3. The first-order chi connectivity index (χ1) is 13.0. The van der Waals surface area contributed by atoms with Crippen LogP contribution in [0.25, 0.3) is 0 Å². The number of carbonyl (C=O) groups is 2. The molecule has 142 valence electrons. The second kappa shape index (κ2) is 8.25. The third-order valence-corrected chi connectivity index (χ3v) is 4.64. The molecule has 1 heterocycles. The molecule has 2 aromatic rings. The van der Waals surface area contributed by atoms with Crippen molar-refractivity contribution in [1.82, 2.24) is 0 Å². The minimum Gasteiger partial charge on any atom is -0.491 e. The summed E-state index contributed by atoms with van der Waals surface area (Å²) in [7, 11) is 0. The average Bonchev–Trinajstić information content (AvgIpc) is 3.06. The van der Waals surface area contributed by atoms with Crippen molar-refractivity contribution in [3.05, 3.63) is 54.1 Å². The second-order valence-electron chi connectivity index (χ2n) is 7.01. The van der Waals surface area contributed by atoms with Crippen LogP contribution in [0.1, 0.15) is 32.8 Å². The first-order valence-corrected chi connectivity index (χ1v) is 9.39. The van der Waals surface area contributed by atoms with E-state index in [-0.39, 0.29) is 24.3 Å². The zero-order chi connectivity index (χ0) is 19.4. The summed E-state index contributed by atoms with van der Waals surface area (Å²) < 4.78 is 5.64. The Morgan fingerprint density at radius 2 is 1.81 bits per heavy atom. The summed E-state index contributed by atoms with van der Waals surface area (Å²) in [5, 5.41) is 0. The Bertz CT molecular complexity index is 815. The van der Waals surface area contributed by atoms with Crippen LogP contribution in [0.15, 0.2) is 48.5 Å². The second-order valence-corrected chi connectivity index (χ2v) is 7.01. The summed E-state index contributed by atoms with van der Waals surface area (Å²) in [6.07, 6.45) is 1.27. The Morgan fingerprint density at radius 1 is 1.11 bits per heavy atom. The molecule has 2 aromatic carbocycles. The Hall–Kier alpha value is -2.82. The highest BCUT2D eigenvalue weighted by Crippen LogP contribution is 2.28. The van der Waals surface area contributed by atoms with E-state index in [1.165, 1.54) is 12.5 Å². The van der Waals surface area contributed by atoms with Crippen molar-refractivity contribution in [3.8, 4) is 5.75 Å². The topological polar surface area (TPSA) is 49.9 Å². The van der Waals surface area contributed by atoms with Crippen LogP contribution in [0.3, 0.4) is 0 Å². The van der Waals surface area contributed by atoms with Crippen LogP contribution in [0.5, 0.6) is 5.75 Å². The fourth-order valence-electron chi connectivity index (χ4n) is 3.38. The van der Waals surface area contributed by atoms with Gasteiger partial charge in [0.2, 0.25) is 11.8 Å². The van der Waals surface area contributed by atoms with Gasteiger partial charge in [0.25, 0.3) is 0 Å². The third-order valence-electron chi connectivity index (χ3n) is 4.64. The molecule has 27 heavy (non-hydrogen) atoms. The van der Waals surface area contributed by atoms with Crippen LogP contribution >= 0.6 is 0 Å². The summed E-state index contributed by atoms with van der Waals surface area (Å²) in [6.45, 7) is 6.53. The predicted octanol–water partition coefficient (Wildman–Crippen LogP) is 3.81. The van der Waals surface area contributed by atoms with E-state index in [1.807, 2.05) is 61.2 Å². The SMILES string of the molecule is CC(=O)N(CCC(=O)N1CCc2ccccc21)c1ccc(OC(C)C)cc1. The van der Waals surface area contributed by atoms with Crippen LogP contribution in [-0.4, -0.2) is 31.0 Å². The minimum atomic E-state index is -0.0813. The first kappa shape index (κ1) is 19.0. The van der Waals surface area contributed by atoms with E-state index < -0.39 is 0 Å². The monoisotopic (exact) mass is 366 g/mol. The largest absolute Gasteiger partial charge is 0.491 e. The van der Waals surface area contributed by atoms with Gasteiger partial charge in [-0.05, 0) is 56.2 Å². The molecule has 0 unspecified atom stereocenters. The van der Waals surface area contributed by atoms with Gasteiger partial charge in [-0.1, -0.05) is 18.2 Å².